The van der Waals surface area contributed by atoms with Gasteiger partial charge in [0.2, 0.25) is 0 Å². The van der Waals surface area contributed by atoms with Crippen LogP contribution in [0.15, 0.2) is 0 Å². The van der Waals surface area contributed by atoms with Crippen molar-refractivity contribution in [3.63, 3.8) is 0 Å². The molecule has 1 aliphatic rings. The van der Waals surface area contributed by atoms with Gasteiger partial charge in [0, 0.05) is 13.0 Å². The smallest absolute Gasteiger partial charge is 0.303 e. The van der Waals surface area contributed by atoms with Crippen LogP contribution in [0.1, 0.15) is 32.1 Å². The fourth-order valence-corrected chi connectivity index (χ4v) is 1.42. The van der Waals surface area contributed by atoms with E-state index in [2.05, 4.69) is 5.32 Å². The van der Waals surface area contributed by atoms with E-state index in [1.54, 1.807) is 0 Å². The molecule has 1 fully saturated rings. The Morgan fingerprint density at radius 3 is 2.71 bits per heavy atom. The van der Waals surface area contributed by atoms with Gasteiger partial charge >= 0.3 is 5.97 Å². The van der Waals surface area contributed by atoms with Gasteiger partial charge in [0.05, 0.1) is 6.10 Å². The lowest BCUT2D eigenvalue weighted by atomic mass is 10.2. The maximum Gasteiger partial charge on any atom is 0.303 e. The minimum atomic E-state index is -0.733. The number of carbonyl (C=O) groups is 1. The predicted octanol–water partition coefficient (Wildman–Crippen LogP) is 0.602. The SMILES string of the molecule is O=C(O)CCCCNCC(O)C1CC1. The first-order chi connectivity index (χ1) is 6.70. The molecule has 0 radical (unpaired) electrons. The van der Waals surface area contributed by atoms with Crippen LogP contribution >= 0.6 is 0 Å². The lowest BCUT2D eigenvalue weighted by molar-refractivity contribution is -0.137. The molecule has 0 spiro atoms. The Labute approximate surface area is 84.3 Å². The van der Waals surface area contributed by atoms with Gasteiger partial charge in [-0.05, 0) is 38.1 Å². The number of hydrogen-bond donors (Lipinski definition) is 3. The normalized spacial score (nSPS) is 18.1. The Hall–Kier alpha value is -0.610. The van der Waals surface area contributed by atoms with Gasteiger partial charge < -0.3 is 15.5 Å². The van der Waals surface area contributed by atoms with Crippen LogP contribution in [0.25, 0.3) is 0 Å². The van der Waals surface area contributed by atoms with Crippen LogP contribution in [-0.4, -0.2) is 35.4 Å². The molecule has 0 amide bonds. The fraction of sp³-hybridized carbons (Fsp3) is 0.900. The van der Waals surface area contributed by atoms with Crippen molar-refractivity contribution in [2.45, 2.75) is 38.2 Å². The van der Waals surface area contributed by atoms with Crippen molar-refractivity contribution in [3.8, 4) is 0 Å². The lowest BCUT2D eigenvalue weighted by Gasteiger charge is -2.09. The molecule has 0 aromatic heterocycles. The van der Waals surface area contributed by atoms with E-state index >= 15 is 0 Å². The van der Waals surface area contributed by atoms with Crippen LogP contribution in [0.3, 0.4) is 0 Å². The van der Waals surface area contributed by atoms with Crippen LogP contribution in [0.2, 0.25) is 0 Å². The van der Waals surface area contributed by atoms with Gasteiger partial charge in [0.1, 0.15) is 0 Å². The quantitative estimate of drug-likeness (QED) is 0.503. The van der Waals surface area contributed by atoms with E-state index in [0.29, 0.717) is 18.9 Å². The highest BCUT2D eigenvalue weighted by Crippen LogP contribution is 2.32. The zero-order valence-electron chi connectivity index (χ0n) is 8.41. The number of carboxylic acid groups (broad SMARTS) is 1. The molecule has 1 rings (SSSR count). The van der Waals surface area contributed by atoms with Gasteiger partial charge in [0.25, 0.3) is 0 Å². The van der Waals surface area contributed by atoms with Gasteiger partial charge in [-0.3, -0.25) is 4.79 Å². The molecule has 82 valence electrons. The second-order valence-electron chi connectivity index (χ2n) is 3.96. The third-order valence-electron chi connectivity index (χ3n) is 2.51. The van der Waals surface area contributed by atoms with E-state index in [0.717, 1.165) is 25.8 Å². The molecule has 1 saturated carbocycles. The highest BCUT2D eigenvalue weighted by Gasteiger charge is 2.28. The standard InChI is InChI=1S/C10H19NO3/c12-9(8-4-5-8)7-11-6-2-1-3-10(13)14/h8-9,11-12H,1-7H2,(H,13,14). The molecule has 0 heterocycles. The summed E-state index contributed by atoms with van der Waals surface area (Å²) in [6.45, 7) is 1.45. The second-order valence-corrected chi connectivity index (χ2v) is 3.96. The molecular formula is C10H19NO3. The van der Waals surface area contributed by atoms with Crippen molar-refractivity contribution in [1.82, 2.24) is 5.32 Å². The first-order valence-electron chi connectivity index (χ1n) is 5.30. The Morgan fingerprint density at radius 2 is 2.14 bits per heavy atom. The summed E-state index contributed by atoms with van der Waals surface area (Å²) in [5.74, 6) is -0.218. The summed E-state index contributed by atoms with van der Waals surface area (Å²) >= 11 is 0. The topological polar surface area (TPSA) is 69.6 Å². The highest BCUT2D eigenvalue weighted by molar-refractivity contribution is 5.66. The Balaban J connectivity index is 1.81. The van der Waals surface area contributed by atoms with Gasteiger partial charge in [-0.25, -0.2) is 0 Å². The van der Waals surface area contributed by atoms with E-state index in [1.165, 1.54) is 0 Å². The van der Waals surface area contributed by atoms with Crippen LogP contribution in [-0.2, 0) is 4.79 Å². The zero-order chi connectivity index (χ0) is 10.4. The molecule has 0 aromatic rings. The number of hydrogen-bond acceptors (Lipinski definition) is 3. The molecule has 1 aliphatic carbocycles. The molecule has 1 unspecified atom stereocenters. The van der Waals surface area contributed by atoms with Crippen molar-refractivity contribution in [2.24, 2.45) is 5.92 Å². The average Bonchev–Trinajstić information content (AvgIpc) is 2.92. The number of aliphatic hydroxyl groups excluding tert-OH is 1. The van der Waals surface area contributed by atoms with E-state index in [-0.39, 0.29) is 12.5 Å². The first-order valence-corrected chi connectivity index (χ1v) is 5.30. The van der Waals surface area contributed by atoms with E-state index in [1.807, 2.05) is 0 Å². The molecule has 14 heavy (non-hydrogen) atoms. The number of carboxylic acids is 1. The molecule has 0 aromatic carbocycles. The number of rotatable bonds is 8. The van der Waals surface area contributed by atoms with Crippen LogP contribution in [0, 0.1) is 5.92 Å². The second kappa shape index (κ2) is 5.98. The Morgan fingerprint density at radius 1 is 1.43 bits per heavy atom. The summed E-state index contributed by atoms with van der Waals surface area (Å²) in [6.07, 6.45) is 3.93. The van der Waals surface area contributed by atoms with Crippen molar-refractivity contribution in [3.05, 3.63) is 0 Å². The summed E-state index contributed by atoms with van der Waals surface area (Å²) in [5, 5.41) is 21.0. The van der Waals surface area contributed by atoms with Crippen LogP contribution in [0.4, 0.5) is 0 Å². The summed E-state index contributed by atoms with van der Waals surface area (Å²) in [6, 6.07) is 0. The highest BCUT2D eigenvalue weighted by atomic mass is 16.4. The van der Waals surface area contributed by atoms with Crippen molar-refractivity contribution in [1.29, 1.82) is 0 Å². The third kappa shape index (κ3) is 5.19. The van der Waals surface area contributed by atoms with Crippen molar-refractivity contribution in [2.75, 3.05) is 13.1 Å². The average molecular weight is 201 g/mol. The van der Waals surface area contributed by atoms with E-state index in [4.69, 9.17) is 5.11 Å². The summed E-state index contributed by atoms with van der Waals surface area (Å²) in [7, 11) is 0. The monoisotopic (exact) mass is 201 g/mol. The molecule has 4 nitrogen and oxygen atoms in total. The molecule has 0 bridgehead atoms. The maximum absolute atomic E-state index is 10.2. The maximum atomic E-state index is 10.2. The Bertz CT molecular complexity index is 180. The molecule has 0 saturated heterocycles. The number of unbranched alkanes of at least 4 members (excludes halogenated alkanes) is 1. The molecule has 1 atom stereocenters. The third-order valence-corrected chi connectivity index (χ3v) is 2.51. The number of aliphatic hydroxyl groups is 1. The lowest BCUT2D eigenvalue weighted by Crippen LogP contribution is -2.28. The molecule has 0 aliphatic heterocycles. The van der Waals surface area contributed by atoms with Crippen molar-refractivity contribution < 1.29 is 15.0 Å². The summed E-state index contributed by atoms with van der Waals surface area (Å²) in [4.78, 5) is 10.2. The minimum Gasteiger partial charge on any atom is -0.481 e. The summed E-state index contributed by atoms with van der Waals surface area (Å²) in [5.41, 5.74) is 0. The largest absolute Gasteiger partial charge is 0.481 e. The van der Waals surface area contributed by atoms with Gasteiger partial charge in [-0.2, -0.15) is 0 Å². The predicted molar refractivity (Wildman–Crippen MR) is 53.1 cm³/mol. The first kappa shape index (κ1) is 11.5. The molecule has 3 N–H and O–H groups in total. The number of aliphatic carboxylic acids is 1. The zero-order valence-corrected chi connectivity index (χ0v) is 8.41. The Kier molecular flexibility index (Phi) is 4.90. The van der Waals surface area contributed by atoms with Crippen LogP contribution in [0.5, 0.6) is 0 Å². The molecule has 4 heteroatoms. The fourth-order valence-electron chi connectivity index (χ4n) is 1.42. The minimum absolute atomic E-state index is 0.200. The summed E-state index contributed by atoms with van der Waals surface area (Å²) < 4.78 is 0. The van der Waals surface area contributed by atoms with Gasteiger partial charge in [-0.1, -0.05) is 0 Å². The van der Waals surface area contributed by atoms with E-state index < -0.39 is 5.97 Å². The van der Waals surface area contributed by atoms with E-state index in [9.17, 15) is 9.90 Å². The van der Waals surface area contributed by atoms with Crippen molar-refractivity contribution >= 4 is 5.97 Å². The number of nitrogens with one attached hydrogen (secondary N) is 1. The molecular weight excluding hydrogens is 182 g/mol. The van der Waals surface area contributed by atoms with Crippen LogP contribution < -0.4 is 5.32 Å². The van der Waals surface area contributed by atoms with Gasteiger partial charge in [-0.15, -0.1) is 0 Å². The van der Waals surface area contributed by atoms with Gasteiger partial charge in [0.15, 0.2) is 0 Å².